The van der Waals surface area contributed by atoms with Crippen molar-refractivity contribution in [2.75, 3.05) is 25.1 Å². The number of carboxylic acid groups (broad SMARTS) is 1. The third-order valence-corrected chi connectivity index (χ3v) is 4.23. The molecule has 1 fully saturated rings. The van der Waals surface area contributed by atoms with E-state index >= 15 is 0 Å². The predicted molar refractivity (Wildman–Crippen MR) is 77.0 cm³/mol. The van der Waals surface area contributed by atoms with Crippen molar-refractivity contribution in [3.05, 3.63) is 23.8 Å². The molecule has 6 heteroatoms. The first-order valence-electron chi connectivity index (χ1n) is 7.13. The highest BCUT2D eigenvalue weighted by molar-refractivity contribution is 5.99. The minimum absolute atomic E-state index is 0.0909. The number of rotatable bonds is 2. The number of carbonyl (C=O) groups is 2. The zero-order chi connectivity index (χ0) is 15.0. The van der Waals surface area contributed by atoms with Gasteiger partial charge in [-0.2, -0.15) is 0 Å². The summed E-state index contributed by atoms with van der Waals surface area (Å²) in [5.41, 5.74) is 0.633. The number of aromatic carboxylic acids is 1. The highest BCUT2D eigenvalue weighted by Gasteiger charge is 2.33. The second kappa shape index (κ2) is 5.27. The fourth-order valence-corrected chi connectivity index (χ4v) is 2.74. The first kappa shape index (κ1) is 13.7. The van der Waals surface area contributed by atoms with Crippen LogP contribution in [-0.4, -0.2) is 48.2 Å². The number of ether oxygens (including phenoxy) is 1. The van der Waals surface area contributed by atoms with Crippen molar-refractivity contribution in [1.29, 1.82) is 0 Å². The standard InChI is InChI=1S/C15H18N2O4/c1-16(10-4-2-5-10)15(20)17-8-9-21-13-11(14(18)19)6-3-7-12(13)17/h3,6-7,10H,2,4-5,8-9H2,1H3,(H,18,19). The van der Waals surface area contributed by atoms with Crippen molar-refractivity contribution in [1.82, 2.24) is 4.90 Å². The molecule has 1 heterocycles. The van der Waals surface area contributed by atoms with Gasteiger partial charge < -0.3 is 14.7 Å². The first-order chi connectivity index (χ1) is 10.1. The van der Waals surface area contributed by atoms with Crippen molar-refractivity contribution in [3.63, 3.8) is 0 Å². The van der Waals surface area contributed by atoms with Crippen LogP contribution in [0.15, 0.2) is 18.2 Å². The highest BCUT2D eigenvalue weighted by Crippen LogP contribution is 2.36. The van der Waals surface area contributed by atoms with Crippen molar-refractivity contribution >= 4 is 17.7 Å². The maximum atomic E-state index is 12.6. The SMILES string of the molecule is CN(C(=O)N1CCOc2c(C(=O)O)cccc21)C1CCC1. The lowest BCUT2D eigenvalue weighted by Gasteiger charge is -2.39. The van der Waals surface area contributed by atoms with Gasteiger partial charge in [0.1, 0.15) is 12.2 Å². The maximum Gasteiger partial charge on any atom is 0.339 e. The Morgan fingerprint density at radius 1 is 1.38 bits per heavy atom. The van der Waals surface area contributed by atoms with Gasteiger partial charge in [-0.3, -0.25) is 4.90 Å². The van der Waals surface area contributed by atoms with E-state index in [0.717, 1.165) is 19.3 Å². The molecule has 0 radical (unpaired) electrons. The summed E-state index contributed by atoms with van der Waals surface area (Å²) in [7, 11) is 1.81. The fraction of sp³-hybridized carbons (Fsp3) is 0.467. The molecule has 1 aliphatic carbocycles. The largest absolute Gasteiger partial charge is 0.489 e. The van der Waals surface area contributed by atoms with Crippen LogP contribution in [-0.2, 0) is 0 Å². The number of fused-ring (bicyclic) bond motifs is 1. The molecule has 21 heavy (non-hydrogen) atoms. The van der Waals surface area contributed by atoms with Gasteiger partial charge in [-0.15, -0.1) is 0 Å². The lowest BCUT2D eigenvalue weighted by molar-refractivity contribution is 0.0691. The van der Waals surface area contributed by atoms with Gasteiger partial charge in [0, 0.05) is 13.1 Å². The highest BCUT2D eigenvalue weighted by atomic mass is 16.5. The number of carbonyl (C=O) groups excluding carboxylic acids is 1. The van der Waals surface area contributed by atoms with Gasteiger partial charge in [-0.1, -0.05) is 6.07 Å². The van der Waals surface area contributed by atoms with Gasteiger partial charge in [0.05, 0.1) is 12.2 Å². The third-order valence-electron chi connectivity index (χ3n) is 4.23. The van der Waals surface area contributed by atoms with Crippen molar-refractivity contribution in [3.8, 4) is 5.75 Å². The van der Waals surface area contributed by atoms with Gasteiger partial charge in [0.15, 0.2) is 5.75 Å². The van der Waals surface area contributed by atoms with Gasteiger partial charge in [-0.25, -0.2) is 9.59 Å². The first-order valence-corrected chi connectivity index (χ1v) is 7.13. The zero-order valence-electron chi connectivity index (χ0n) is 11.9. The molecular formula is C15H18N2O4. The number of anilines is 1. The smallest absolute Gasteiger partial charge is 0.339 e. The fourth-order valence-electron chi connectivity index (χ4n) is 2.74. The van der Waals surface area contributed by atoms with E-state index in [-0.39, 0.29) is 17.3 Å². The number of benzene rings is 1. The summed E-state index contributed by atoms with van der Waals surface area (Å²) in [5.74, 6) is -0.764. The second-order valence-electron chi connectivity index (χ2n) is 5.44. The van der Waals surface area contributed by atoms with Crippen LogP contribution in [0.4, 0.5) is 10.5 Å². The van der Waals surface area contributed by atoms with E-state index in [4.69, 9.17) is 4.74 Å². The summed E-state index contributed by atoms with van der Waals surface area (Å²) in [4.78, 5) is 27.2. The molecule has 2 amide bonds. The van der Waals surface area contributed by atoms with Crippen LogP contribution >= 0.6 is 0 Å². The van der Waals surface area contributed by atoms with E-state index in [9.17, 15) is 14.7 Å². The van der Waals surface area contributed by atoms with Crippen molar-refractivity contribution in [2.45, 2.75) is 25.3 Å². The molecule has 1 aromatic rings. The van der Waals surface area contributed by atoms with Crippen LogP contribution in [0.3, 0.4) is 0 Å². The van der Waals surface area contributed by atoms with Gasteiger partial charge in [0.2, 0.25) is 0 Å². The molecule has 3 rings (SSSR count). The lowest BCUT2D eigenvalue weighted by atomic mass is 9.92. The van der Waals surface area contributed by atoms with Gasteiger partial charge in [0.25, 0.3) is 0 Å². The molecule has 0 aromatic heterocycles. The summed E-state index contributed by atoms with van der Waals surface area (Å²) >= 11 is 0. The number of hydrogen-bond acceptors (Lipinski definition) is 3. The molecule has 1 aromatic carbocycles. The Bertz CT molecular complexity index is 583. The number of hydrogen-bond donors (Lipinski definition) is 1. The van der Waals surface area contributed by atoms with Crippen molar-refractivity contribution in [2.24, 2.45) is 0 Å². The molecule has 112 valence electrons. The van der Waals surface area contributed by atoms with E-state index in [1.807, 2.05) is 7.05 Å². The molecule has 2 aliphatic rings. The third kappa shape index (κ3) is 2.30. The summed E-state index contributed by atoms with van der Waals surface area (Å²) in [6.07, 6.45) is 3.23. The minimum Gasteiger partial charge on any atom is -0.489 e. The number of urea groups is 1. The molecule has 1 saturated carbocycles. The Kier molecular flexibility index (Phi) is 3.45. The molecule has 0 atom stereocenters. The van der Waals surface area contributed by atoms with Crippen molar-refractivity contribution < 1.29 is 19.4 Å². The van der Waals surface area contributed by atoms with Gasteiger partial charge in [-0.05, 0) is 31.4 Å². The lowest BCUT2D eigenvalue weighted by Crippen LogP contribution is -2.50. The average Bonchev–Trinajstić information content (AvgIpc) is 2.43. The maximum absolute atomic E-state index is 12.6. The molecule has 0 spiro atoms. The summed E-state index contributed by atoms with van der Waals surface area (Å²) in [5, 5.41) is 9.22. The van der Waals surface area contributed by atoms with E-state index in [1.54, 1.807) is 21.9 Å². The summed E-state index contributed by atoms with van der Waals surface area (Å²) < 4.78 is 5.48. The predicted octanol–water partition coefficient (Wildman–Crippen LogP) is 2.19. The number of para-hydroxylation sites is 1. The molecule has 6 nitrogen and oxygen atoms in total. The van der Waals surface area contributed by atoms with E-state index < -0.39 is 5.97 Å². The monoisotopic (exact) mass is 290 g/mol. The Hall–Kier alpha value is -2.24. The molecule has 0 saturated heterocycles. The normalized spacial score (nSPS) is 17.5. The van der Waals surface area contributed by atoms with Gasteiger partial charge >= 0.3 is 12.0 Å². The van der Waals surface area contributed by atoms with E-state index in [2.05, 4.69) is 0 Å². The Morgan fingerprint density at radius 2 is 2.14 bits per heavy atom. The Morgan fingerprint density at radius 3 is 2.76 bits per heavy atom. The summed E-state index contributed by atoms with van der Waals surface area (Å²) in [6.45, 7) is 0.744. The quantitative estimate of drug-likeness (QED) is 0.906. The topological polar surface area (TPSA) is 70.1 Å². The Labute approximate surface area is 122 Å². The minimum atomic E-state index is -1.05. The molecule has 0 bridgehead atoms. The average molecular weight is 290 g/mol. The molecule has 1 aliphatic heterocycles. The number of amides is 2. The van der Waals surface area contributed by atoms with E-state index in [0.29, 0.717) is 24.9 Å². The van der Waals surface area contributed by atoms with Crippen LogP contribution in [0.5, 0.6) is 5.75 Å². The molecule has 1 N–H and O–H groups in total. The zero-order valence-corrected chi connectivity index (χ0v) is 11.9. The molecular weight excluding hydrogens is 272 g/mol. The number of nitrogens with zero attached hydrogens (tertiary/aromatic N) is 2. The summed E-state index contributed by atoms with van der Waals surface area (Å²) in [6, 6.07) is 5.07. The van der Waals surface area contributed by atoms with Crippen LogP contribution in [0.2, 0.25) is 0 Å². The van der Waals surface area contributed by atoms with Crippen LogP contribution in [0, 0.1) is 0 Å². The van der Waals surface area contributed by atoms with Crippen LogP contribution < -0.4 is 9.64 Å². The van der Waals surface area contributed by atoms with Crippen LogP contribution in [0.25, 0.3) is 0 Å². The number of carboxylic acids is 1. The Balaban J connectivity index is 1.91. The molecule has 0 unspecified atom stereocenters. The second-order valence-corrected chi connectivity index (χ2v) is 5.44. The van der Waals surface area contributed by atoms with E-state index in [1.165, 1.54) is 6.07 Å². The van der Waals surface area contributed by atoms with Crippen LogP contribution in [0.1, 0.15) is 29.6 Å².